The molecule has 3 heteroatoms. The van der Waals surface area contributed by atoms with Crippen LogP contribution in [0.3, 0.4) is 0 Å². The van der Waals surface area contributed by atoms with Gasteiger partial charge in [0, 0.05) is 13.6 Å². The lowest BCUT2D eigenvalue weighted by molar-refractivity contribution is 0.193. The van der Waals surface area contributed by atoms with E-state index in [4.69, 9.17) is 9.47 Å². The van der Waals surface area contributed by atoms with Crippen molar-refractivity contribution in [1.29, 1.82) is 0 Å². The highest BCUT2D eigenvalue weighted by Crippen LogP contribution is 2.14. The van der Waals surface area contributed by atoms with Crippen molar-refractivity contribution in [2.75, 3.05) is 26.8 Å². The van der Waals surface area contributed by atoms with Crippen LogP contribution in [0.25, 0.3) is 0 Å². The summed E-state index contributed by atoms with van der Waals surface area (Å²) < 4.78 is 10.6. The molecule has 1 fully saturated rings. The zero-order valence-electron chi connectivity index (χ0n) is 12.0. The van der Waals surface area contributed by atoms with E-state index in [0.29, 0.717) is 12.0 Å². The van der Waals surface area contributed by atoms with Gasteiger partial charge < -0.3 is 14.4 Å². The molecule has 1 rings (SSSR count). The molecular formula is C15H25NO2. The highest BCUT2D eigenvalue weighted by Gasteiger charge is 2.22. The summed E-state index contributed by atoms with van der Waals surface area (Å²) in [6.07, 6.45) is 7.95. The molecule has 1 aliphatic rings. The van der Waals surface area contributed by atoms with Gasteiger partial charge in [0.05, 0.1) is 6.61 Å². The van der Waals surface area contributed by atoms with Crippen molar-refractivity contribution in [3.8, 4) is 0 Å². The van der Waals surface area contributed by atoms with Gasteiger partial charge in [0.2, 0.25) is 0 Å². The number of hydrogen-bond acceptors (Lipinski definition) is 3. The number of hydrogen-bond donors (Lipinski definition) is 0. The Morgan fingerprint density at radius 1 is 1.50 bits per heavy atom. The molecular weight excluding hydrogens is 226 g/mol. The second kappa shape index (κ2) is 6.64. The van der Waals surface area contributed by atoms with Crippen molar-refractivity contribution in [1.82, 2.24) is 4.90 Å². The zero-order valence-corrected chi connectivity index (χ0v) is 12.0. The average Bonchev–Trinajstić information content (AvgIpc) is 3.04. The van der Waals surface area contributed by atoms with Crippen LogP contribution in [-0.2, 0) is 9.47 Å². The van der Waals surface area contributed by atoms with Crippen LogP contribution >= 0.6 is 0 Å². The number of allylic oxidation sites excluding steroid dienone is 3. The third-order valence-corrected chi connectivity index (χ3v) is 2.36. The van der Waals surface area contributed by atoms with Crippen molar-refractivity contribution < 1.29 is 9.47 Å². The molecule has 0 radical (unpaired) electrons. The Balaban J connectivity index is 2.35. The second-order valence-electron chi connectivity index (χ2n) is 5.86. The first-order chi connectivity index (χ1) is 8.40. The van der Waals surface area contributed by atoms with E-state index in [1.165, 1.54) is 0 Å². The Hall–Kier alpha value is -1.22. The van der Waals surface area contributed by atoms with E-state index < -0.39 is 0 Å². The Kier molecular flexibility index (Phi) is 5.48. The lowest BCUT2D eigenvalue weighted by Gasteiger charge is -2.25. The minimum Gasteiger partial charge on any atom is -0.491 e. The van der Waals surface area contributed by atoms with Gasteiger partial charge in [-0.1, -0.05) is 27.4 Å². The van der Waals surface area contributed by atoms with Crippen molar-refractivity contribution in [2.24, 2.45) is 5.41 Å². The van der Waals surface area contributed by atoms with E-state index in [-0.39, 0.29) is 6.10 Å². The summed E-state index contributed by atoms with van der Waals surface area (Å²) in [6.45, 7) is 12.8. The third kappa shape index (κ3) is 7.17. The fraction of sp³-hybridized carbons (Fsp3) is 0.600. The van der Waals surface area contributed by atoms with Gasteiger partial charge in [-0.25, -0.2) is 0 Å². The van der Waals surface area contributed by atoms with E-state index in [1.54, 1.807) is 6.08 Å². The molecule has 1 aliphatic heterocycles. The van der Waals surface area contributed by atoms with E-state index in [0.717, 1.165) is 18.9 Å². The highest BCUT2D eigenvalue weighted by molar-refractivity contribution is 5.16. The molecule has 1 saturated heterocycles. The highest BCUT2D eigenvalue weighted by atomic mass is 16.6. The smallest absolute Gasteiger partial charge is 0.118 e. The van der Waals surface area contributed by atoms with Gasteiger partial charge >= 0.3 is 0 Å². The molecule has 0 aromatic heterocycles. The van der Waals surface area contributed by atoms with Crippen molar-refractivity contribution >= 4 is 0 Å². The number of ether oxygens (including phenoxy) is 2. The Bertz CT molecular complexity index is 322. The van der Waals surface area contributed by atoms with Gasteiger partial charge in [-0.05, 0) is 29.8 Å². The minimum absolute atomic E-state index is 0.279. The van der Waals surface area contributed by atoms with Gasteiger partial charge in [-0.3, -0.25) is 0 Å². The molecule has 0 aromatic carbocycles. The van der Waals surface area contributed by atoms with Crippen LogP contribution < -0.4 is 0 Å². The predicted octanol–water partition coefficient (Wildman–Crippen LogP) is 2.96. The van der Waals surface area contributed by atoms with Crippen LogP contribution in [0.2, 0.25) is 0 Å². The summed E-state index contributed by atoms with van der Waals surface area (Å²) >= 11 is 0. The van der Waals surface area contributed by atoms with E-state index in [2.05, 4.69) is 39.3 Å². The molecule has 0 spiro atoms. The monoisotopic (exact) mass is 251 g/mol. The normalized spacial score (nSPS) is 20.0. The van der Waals surface area contributed by atoms with Gasteiger partial charge in [0.1, 0.15) is 18.5 Å². The Morgan fingerprint density at radius 2 is 2.17 bits per heavy atom. The first-order valence-electron chi connectivity index (χ1n) is 6.36. The average molecular weight is 251 g/mol. The lowest BCUT2D eigenvalue weighted by atomic mass is 9.96. The Labute approximate surface area is 111 Å². The molecule has 102 valence electrons. The van der Waals surface area contributed by atoms with Gasteiger partial charge in [0.25, 0.3) is 0 Å². The topological polar surface area (TPSA) is 25.0 Å². The maximum Gasteiger partial charge on any atom is 0.118 e. The summed E-state index contributed by atoms with van der Waals surface area (Å²) in [4.78, 5) is 2.17. The lowest BCUT2D eigenvalue weighted by Crippen LogP contribution is -2.24. The maximum absolute atomic E-state index is 5.55. The quantitative estimate of drug-likeness (QED) is 0.395. The fourth-order valence-corrected chi connectivity index (χ4v) is 1.61. The third-order valence-electron chi connectivity index (χ3n) is 2.36. The Morgan fingerprint density at radius 3 is 2.67 bits per heavy atom. The number of epoxide rings is 1. The molecule has 0 aromatic rings. The summed E-state index contributed by atoms with van der Waals surface area (Å²) in [6, 6.07) is 0. The van der Waals surface area contributed by atoms with Crippen molar-refractivity contribution in [3.63, 3.8) is 0 Å². The molecule has 1 atom stereocenters. The maximum atomic E-state index is 5.55. The SMILES string of the molecule is C=C/C(=C\C=C/N(C)CC(C)(C)C)OCC1CO1. The van der Waals surface area contributed by atoms with Crippen LogP contribution in [0.15, 0.2) is 36.8 Å². The molecule has 1 heterocycles. The largest absolute Gasteiger partial charge is 0.491 e. The molecule has 1 unspecified atom stereocenters. The van der Waals surface area contributed by atoms with Crippen LogP contribution in [0.5, 0.6) is 0 Å². The van der Waals surface area contributed by atoms with E-state index in [9.17, 15) is 0 Å². The molecule has 18 heavy (non-hydrogen) atoms. The summed E-state index contributed by atoms with van der Waals surface area (Å²) in [5, 5.41) is 0. The summed E-state index contributed by atoms with van der Waals surface area (Å²) in [5.41, 5.74) is 0.296. The summed E-state index contributed by atoms with van der Waals surface area (Å²) in [5.74, 6) is 0.783. The van der Waals surface area contributed by atoms with Crippen LogP contribution in [-0.4, -0.2) is 37.8 Å². The standard InChI is InChI=1S/C15H25NO2/c1-6-13(17-10-14-11-18-14)8-7-9-16(5)12-15(2,3)4/h6-9,14H,1,10-12H2,2-5H3/b9-7-,13-8+. The second-order valence-corrected chi connectivity index (χ2v) is 5.86. The molecule has 0 aliphatic carbocycles. The zero-order chi connectivity index (χ0) is 13.6. The fourth-order valence-electron chi connectivity index (χ4n) is 1.61. The molecule has 0 amide bonds. The van der Waals surface area contributed by atoms with Crippen LogP contribution in [0.4, 0.5) is 0 Å². The van der Waals surface area contributed by atoms with E-state index in [1.807, 2.05) is 18.4 Å². The van der Waals surface area contributed by atoms with Crippen LogP contribution in [0, 0.1) is 5.41 Å². The van der Waals surface area contributed by atoms with Crippen molar-refractivity contribution in [3.05, 3.63) is 36.8 Å². The first-order valence-corrected chi connectivity index (χ1v) is 6.36. The molecule has 0 saturated carbocycles. The van der Waals surface area contributed by atoms with Crippen LogP contribution in [0.1, 0.15) is 20.8 Å². The van der Waals surface area contributed by atoms with Gasteiger partial charge in [0.15, 0.2) is 0 Å². The van der Waals surface area contributed by atoms with E-state index >= 15 is 0 Å². The van der Waals surface area contributed by atoms with Gasteiger partial charge in [-0.2, -0.15) is 0 Å². The minimum atomic E-state index is 0.279. The molecule has 3 nitrogen and oxygen atoms in total. The van der Waals surface area contributed by atoms with Crippen molar-refractivity contribution in [2.45, 2.75) is 26.9 Å². The summed E-state index contributed by atoms with van der Waals surface area (Å²) in [7, 11) is 2.07. The number of nitrogens with zero attached hydrogens (tertiary/aromatic N) is 1. The van der Waals surface area contributed by atoms with Gasteiger partial charge in [-0.15, -0.1) is 0 Å². The molecule has 0 bridgehead atoms. The molecule has 0 N–H and O–H groups in total. The first kappa shape index (κ1) is 14.8. The number of rotatable bonds is 7. The predicted molar refractivity (Wildman–Crippen MR) is 75.2 cm³/mol.